The molecule has 5 nitrogen and oxygen atoms in total. The fourth-order valence-electron chi connectivity index (χ4n) is 0.777. The van der Waals surface area contributed by atoms with Crippen molar-refractivity contribution in [3.05, 3.63) is 16.1 Å². The molecule has 1 aromatic rings. The first kappa shape index (κ1) is 11.4. The van der Waals surface area contributed by atoms with E-state index < -0.39 is 31.5 Å². The van der Waals surface area contributed by atoms with Crippen LogP contribution in [0.1, 0.15) is 0 Å². The Balaban J connectivity index is 3.66. The average molecular weight is 259 g/mol. The van der Waals surface area contributed by atoms with Gasteiger partial charge in [0.05, 0.1) is 5.02 Å². The molecule has 0 unspecified atom stereocenters. The fraction of sp³-hybridized carbons (Fsp3) is 0. The van der Waals surface area contributed by atoms with Gasteiger partial charge in [0.1, 0.15) is 9.92 Å². The van der Waals surface area contributed by atoms with Crippen LogP contribution in [0.25, 0.3) is 0 Å². The Bertz CT molecular complexity index is 481. The maximum absolute atomic E-state index is 10.7. The van der Waals surface area contributed by atoms with Crippen LogP contribution in [0.15, 0.2) is 11.0 Å². The van der Waals surface area contributed by atoms with Gasteiger partial charge in [0.2, 0.25) is 0 Å². The first-order chi connectivity index (χ1) is 6.25. The van der Waals surface area contributed by atoms with E-state index in [0.29, 0.717) is 0 Å². The van der Waals surface area contributed by atoms with Crippen molar-refractivity contribution >= 4 is 33.3 Å². The quantitative estimate of drug-likeness (QED) is 0.526. The van der Waals surface area contributed by atoms with E-state index in [1.165, 1.54) is 0 Å². The normalized spacial score (nSPS) is 11.6. The van der Waals surface area contributed by atoms with Gasteiger partial charge in [0.25, 0.3) is 10.1 Å². The first-order valence-corrected chi connectivity index (χ1v) is 5.32. The third kappa shape index (κ3) is 1.88. The number of hydrogen-bond acceptors (Lipinski definition) is 4. The molecule has 0 amide bonds. The smallest absolute Gasteiger partial charge is 0.298 e. The molecule has 3 N–H and O–H groups in total. The molecular weight excluding hydrogens is 255 g/mol. The van der Waals surface area contributed by atoms with Crippen molar-refractivity contribution in [3.8, 4) is 11.5 Å². The molecule has 0 fully saturated rings. The molecular formula is C6H4Cl2O5S. The zero-order valence-electron chi connectivity index (χ0n) is 6.40. The zero-order valence-corrected chi connectivity index (χ0v) is 8.73. The van der Waals surface area contributed by atoms with Crippen LogP contribution in [0.2, 0.25) is 10.0 Å². The SMILES string of the molecule is O=S(=O)(O)c1cc(Cl)c(Cl)c(O)c1O. The Morgan fingerprint density at radius 2 is 1.64 bits per heavy atom. The molecule has 0 atom stereocenters. The van der Waals surface area contributed by atoms with Crippen LogP contribution < -0.4 is 0 Å². The van der Waals surface area contributed by atoms with E-state index in [2.05, 4.69) is 0 Å². The Kier molecular flexibility index (Phi) is 2.82. The molecule has 0 saturated carbocycles. The van der Waals surface area contributed by atoms with Gasteiger partial charge >= 0.3 is 0 Å². The number of rotatable bonds is 1. The summed E-state index contributed by atoms with van der Waals surface area (Å²) >= 11 is 10.8. The molecule has 78 valence electrons. The van der Waals surface area contributed by atoms with Gasteiger partial charge in [0.15, 0.2) is 11.5 Å². The molecule has 0 saturated heterocycles. The van der Waals surface area contributed by atoms with Gasteiger partial charge < -0.3 is 10.2 Å². The van der Waals surface area contributed by atoms with E-state index >= 15 is 0 Å². The standard InChI is InChI=1S/C6H4Cl2O5S/c7-2-1-3(14(11,12)13)5(9)6(10)4(2)8/h1,9-10H,(H,11,12,13). The lowest BCUT2D eigenvalue weighted by atomic mass is 10.3. The highest BCUT2D eigenvalue weighted by atomic mass is 35.5. The van der Waals surface area contributed by atoms with Gasteiger partial charge in [-0.15, -0.1) is 0 Å². The van der Waals surface area contributed by atoms with Gasteiger partial charge in [-0.05, 0) is 6.07 Å². The highest BCUT2D eigenvalue weighted by molar-refractivity contribution is 7.86. The van der Waals surface area contributed by atoms with Gasteiger partial charge in [-0.3, -0.25) is 4.55 Å². The van der Waals surface area contributed by atoms with Crippen molar-refractivity contribution in [2.24, 2.45) is 0 Å². The van der Waals surface area contributed by atoms with Crippen LogP contribution in [0.4, 0.5) is 0 Å². The Labute approximate surface area is 89.3 Å². The second kappa shape index (κ2) is 3.47. The Morgan fingerprint density at radius 1 is 1.14 bits per heavy atom. The molecule has 1 rings (SSSR count). The highest BCUT2D eigenvalue weighted by Crippen LogP contribution is 2.42. The summed E-state index contributed by atoms with van der Waals surface area (Å²) in [6.45, 7) is 0. The monoisotopic (exact) mass is 258 g/mol. The fourth-order valence-corrected chi connectivity index (χ4v) is 1.79. The van der Waals surface area contributed by atoms with Crippen molar-refractivity contribution < 1.29 is 23.2 Å². The molecule has 0 aliphatic heterocycles. The minimum Gasteiger partial charge on any atom is -0.503 e. The van der Waals surface area contributed by atoms with Crippen molar-refractivity contribution in [1.29, 1.82) is 0 Å². The van der Waals surface area contributed by atoms with Crippen LogP contribution in [-0.4, -0.2) is 23.2 Å². The number of aromatic hydroxyl groups is 2. The summed E-state index contributed by atoms with van der Waals surface area (Å²) in [4.78, 5) is -0.899. The molecule has 1 aromatic carbocycles. The second-order valence-corrected chi connectivity index (χ2v) is 4.52. The van der Waals surface area contributed by atoms with E-state index in [1.807, 2.05) is 0 Å². The number of phenolic OH excluding ortho intramolecular Hbond substituents is 2. The Hall–Kier alpha value is -0.690. The van der Waals surface area contributed by atoms with Gasteiger partial charge in [-0.2, -0.15) is 8.42 Å². The lowest BCUT2D eigenvalue weighted by Crippen LogP contribution is -1.98. The summed E-state index contributed by atoms with van der Waals surface area (Å²) in [5.74, 6) is -1.94. The number of halogens is 2. The van der Waals surface area contributed by atoms with Crippen LogP contribution >= 0.6 is 23.2 Å². The van der Waals surface area contributed by atoms with Crippen molar-refractivity contribution in [2.45, 2.75) is 4.90 Å². The van der Waals surface area contributed by atoms with Crippen molar-refractivity contribution in [1.82, 2.24) is 0 Å². The summed E-state index contributed by atoms with van der Waals surface area (Å²) in [6, 6.07) is 0.730. The maximum atomic E-state index is 10.7. The maximum Gasteiger partial charge on any atom is 0.298 e. The predicted octanol–water partition coefficient (Wildman–Crippen LogP) is 1.65. The lowest BCUT2D eigenvalue weighted by molar-refractivity contribution is 0.389. The average Bonchev–Trinajstić information content (AvgIpc) is 2.06. The highest BCUT2D eigenvalue weighted by Gasteiger charge is 2.22. The molecule has 0 bridgehead atoms. The molecule has 0 aliphatic carbocycles. The summed E-state index contributed by atoms with van der Waals surface area (Å²) in [6.07, 6.45) is 0. The number of phenols is 2. The van der Waals surface area contributed by atoms with E-state index in [0.717, 1.165) is 6.07 Å². The van der Waals surface area contributed by atoms with E-state index in [1.54, 1.807) is 0 Å². The van der Waals surface area contributed by atoms with Crippen molar-refractivity contribution in [3.63, 3.8) is 0 Å². The van der Waals surface area contributed by atoms with E-state index in [9.17, 15) is 8.42 Å². The van der Waals surface area contributed by atoms with Gasteiger partial charge in [-0.25, -0.2) is 0 Å². The third-order valence-corrected chi connectivity index (χ3v) is 3.06. The largest absolute Gasteiger partial charge is 0.503 e. The zero-order chi connectivity index (χ0) is 11.1. The summed E-state index contributed by atoms with van der Waals surface area (Å²) < 4.78 is 29.9. The van der Waals surface area contributed by atoms with Crippen LogP contribution in [0.3, 0.4) is 0 Å². The summed E-state index contributed by atoms with van der Waals surface area (Å²) in [7, 11) is -4.65. The minimum absolute atomic E-state index is 0.297. The first-order valence-electron chi connectivity index (χ1n) is 3.12. The van der Waals surface area contributed by atoms with Gasteiger partial charge in [0, 0.05) is 0 Å². The molecule has 8 heteroatoms. The van der Waals surface area contributed by atoms with Crippen LogP contribution in [-0.2, 0) is 10.1 Å². The van der Waals surface area contributed by atoms with Gasteiger partial charge in [-0.1, -0.05) is 23.2 Å². The Morgan fingerprint density at radius 3 is 2.07 bits per heavy atom. The van der Waals surface area contributed by atoms with E-state index in [-0.39, 0.29) is 5.02 Å². The molecule has 0 spiro atoms. The van der Waals surface area contributed by atoms with Crippen LogP contribution in [0, 0.1) is 0 Å². The van der Waals surface area contributed by atoms with Crippen LogP contribution in [0.5, 0.6) is 11.5 Å². The minimum atomic E-state index is -4.65. The molecule has 0 aliphatic rings. The van der Waals surface area contributed by atoms with Crippen molar-refractivity contribution in [2.75, 3.05) is 0 Å². The lowest BCUT2D eigenvalue weighted by Gasteiger charge is -2.06. The third-order valence-electron chi connectivity index (χ3n) is 1.41. The molecule has 0 heterocycles. The number of benzene rings is 1. The topological polar surface area (TPSA) is 94.8 Å². The number of hydrogen-bond donors (Lipinski definition) is 3. The molecule has 14 heavy (non-hydrogen) atoms. The molecule has 0 aromatic heterocycles. The second-order valence-electron chi connectivity index (χ2n) is 2.34. The van der Waals surface area contributed by atoms with E-state index in [4.69, 9.17) is 38.0 Å². The summed E-state index contributed by atoms with van der Waals surface area (Å²) in [5, 5.41) is 17.5. The summed E-state index contributed by atoms with van der Waals surface area (Å²) in [5.41, 5.74) is 0. The predicted molar refractivity (Wildman–Crippen MR) is 49.6 cm³/mol. The molecule has 0 radical (unpaired) electrons.